The molecule has 0 aliphatic heterocycles. The van der Waals surface area contributed by atoms with E-state index in [4.69, 9.17) is 0 Å². The second kappa shape index (κ2) is 16.0. The van der Waals surface area contributed by atoms with Crippen LogP contribution in [0.15, 0.2) is 175 Å². The maximum Gasteiger partial charge on any atom is 0.272 e. The van der Waals surface area contributed by atoms with Gasteiger partial charge in [0, 0.05) is 22.3 Å². The number of amides is 3. The second-order valence-electron chi connectivity index (χ2n) is 11.0. The van der Waals surface area contributed by atoms with Crippen molar-refractivity contribution < 1.29 is 14.4 Å². The number of benzene rings is 5. The zero-order chi connectivity index (χ0) is 33.8. The van der Waals surface area contributed by atoms with Crippen LogP contribution in [0.25, 0.3) is 17.2 Å². The molecule has 1 unspecified atom stereocenters. The van der Waals surface area contributed by atoms with Crippen molar-refractivity contribution >= 4 is 47.1 Å². The van der Waals surface area contributed by atoms with Crippen molar-refractivity contribution in [1.82, 2.24) is 10.3 Å². The van der Waals surface area contributed by atoms with E-state index in [1.54, 1.807) is 60.8 Å². The topological polar surface area (TPSA) is 100 Å². The smallest absolute Gasteiger partial charge is 0.272 e. The molecule has 3 amide bonds. The van der Waals surface area contributed by atoms with Crippen LogP contribution >= 0.6 is 11.8 Å². The minimum absolute atomic E-state index is 0.0927. The van der Waals surface area contributed by atoms with Gasteiger partial charge in [-0.15, -0.1) is 11.8 Å². The fourth-order valence-electron chi connectivity index (χ4n) is 4.99. The molecule has 0 saturated heterocycles. The monoisotopic (exact) mass is 660 g/mol. The van der Waals surface area contributed by atoms with Crippen LogP contribution in [0.4, 0.5) is 11.5 Å². The number of pyridine rings is 1. The first kappa shape index (κ1) is 32.7. The van der Waals surface area contributed by atoms with E-state index in [0.29, 0.717) is 17.1 Å². The molecule has 5 aromatic carbocycles. The van der Waals surface area contributed by atoms with Crippen molar-refractivity contribution in [3.63, 3.8) is 0 Å². The lowest BCUT2D eigenvalue weighted by Crippen LogP contribution is -2.30. The van der Waals surface area contributed by atoms with Gasteiger partial charge in [0.05, 0.1) is 0 Å². The van der Waals surface area contributed by atoms with Gasteiger partial charge in [0.1, 0.15) is 16.8 Å². The average Bonchev–Trinajstić information content (AvgIpc) is 3.16. The van der Waals surface area contributed by atoms with Crippen LogP contribution in [-0.2, 0) is 9.59 Å². The molecule has 0 radical (unpaired) electrons. The van der Waals surface area contributed by atoms with E-state index in [0.717, 1.165) is 27.1 Å². The fourth-order valence-corrected chi connectivity index (χ4v) is 6.02. The predicted octanol–water partition coefficient (Wildman–Crippen LogP) is 8.63. The molecular weight excluding hydrogens is 629 g/mol. The molecule has 0 aliphatic rings. The summed E-state index contributed by atoms with van der Waals surface area (Å²) in [6, 6.07) is 48.6. The number of thioether (sulfide) groups is 1. The van der Waals surface area contributed by atoms with Gasteiger partial charge < -0.3 is 16.0 Å². The third-order valence-corrected chi connectivity index (χ3v) is 8.75. The van der Waals surface area contributed by atoms with Gasteiger partial charge in [-0.1, -0.05) is 109 Å². The van der Waals surface area contributed by atoms with Crippen LogP contribution in [0.2, 0.25) is 0 Å². The number of anilines is 2. The van der Waals surface area contributed by atoms with Gasteiger partial charge in [-0.05, 0) is 76.9 Å². The number of nitrogens with zero attached hydrogens (tertiary/aromatic N) is 1. The van der Waals surface area contributed by atoms with Crippen LogP contribution in [0.1, 0.15) is 26.7 Å². The minimum Gasteiger partial charge on any atom is -0.321 e. The summed E-state index contributed by atoms with van der Waals surface area (Å²) in [7, 11) is 0. The van der Waals surface area contributed by atoms with Gasteiger partial charge in [-0.25, -0.2) is 4.98 Å². The van der Waals surface area contributed by atoms with Gasteiger partial charge in [-0.3, -0.25) is 14.4 Å². The van der Waals surface area contributed by atoms with E-state index in [9.17, 15) is 14.4 Å². The third kappa shape index (κ3) is 8.97. The third-order valence-electron chi connectivity index (χ3n) is 7.48. The van der Waals surface area contributed by atoms with Crippen LogP contribution < -0.4 is 16.0 Å². The lowest BCUT2D eigenvalue weighted by Gasteiger charge is -2.17. The van der Waals surface area contributed by atoms with Crippen molar-refractivity contribution in [2.75, 3.05) is 10.6 Å². The predicted molar refractivity (Wildman–Crippen MR) is 197 cm³/mol. The SMILES string of the molecule is O=C(Nc1ccc(SC(C(=O)Nc2ccccn2)c2ccccc2)cc1)/C(=C/c1ccc(-c2ccccc2)cc1)NC(=O)c1ccccc1. The normalized spacial score (nSPS) is 11.6. The molecule has 0 aliphatic carbocycles. The minimum atomic E-state index is -0.542. The summed E-state index contributed by atoms with van der Waals surface area (Å²) in [5.74, 6) is -0.602. The maximum atomic E-state index is 13.6. The van der Waals surface area contributed by atoms with Crippen LogP contribution in [-0.4, -0.2) is 22.7 Å². The Morgan fingerprint density at radius 3 is 1.88 bits per heavy atom. The molecule has 7 nitrogen and oxygen atoms in total. The standard InChI is InChI=1S/C41H32N4O3S/c46-39(33-16-8-3-9-17-33)44-36(28-29-19-21-31(22-20-29)30-12-4-1-5-13-30)40(47)43-34-23-25-35(26-24-34)49-38(32-14-6-2-7-15-32)41(48)45-37-18-10-11-27-42-37/h1-28,38H,(H,43,47)(H,44,46)(H,42,45,48)/b36-28-. The van der Waals surface area contributed by atoms with Crippen molar-refractivity contribution in [3.8, 4) is 11.1 Å². The summed E-state index contributed by atoms with van der Waals surface area (Å²) < 4.78 is 0. The molecule has 6 aromatic rings. The zero-order valence-electron chi connectivity index (χ0n) is 26.3. The maximum absolute atomic E-state index is 13.6. The van der Waals surface area contributed by atoms with Gasteiger partial charge >= 0.3 is 0 Å². The highest BCUT2D eigenvalue weighted by Gasteiger charge is 2.23. The molecule has 1 aromatic heterocycles. The number of carbonyl (C=O) groups is 3. The molecule has 3 N–H and O–H groups in total. The summed E-state index contributed by atoms with van der Waals surface area (Å²) in [6.07, 6.45) is 3.28. The second-order valence-corrected chi connectivity index (χ2v) is 12.1. The van der Waals surface area contributed by atoms with Crippen molar-refractivity contribution in [2.45, 2.75) is 10.1 Å². The number of aromatic nitrogens is 1. The summed E-state index contributed by atoms with van der Waals surface area (Å²) in [5.41, 5.74) is 4.78. The van der Waals surface area contributed by atoms with E-state index in [-0.39, 0.29) is 11.6 Å². The van der Waals surface area contributed by atoms with Gasteiger partial charge in [0.25, 0.3) is 11.8 Å². The Kier molecular flexibility index (Phi) is 10.7. The average molecular weight is 661 g/mol. The first-order chi connectivity index (χ1) is 24.0. The summed E-state index contributed by atoms with van der Waals surface area (Å²) in [5, 5.41) is 8.06. The molecule has 0 spiro atoms. The molecule has 240 valence electrons. The van der Waals surface area contributed by atoms with Gasteiger partial charge in [0.15, 0.2) is 0 Å². The van der Waals surface area contributed by atoms with E-state index in [1.165, 1.54) is 11.8 Å². The molecule has 6 rings (SSSR count). The molecular formula is C41H32N4O3S. The number of carbonyl (C=O) groups excluding carboxylic acids is 3. The number of nitrogens with one attached hydrogen (secondary N) is 3. The van der Waals surface area contributed by atoms with Crippen LogP contribution in [0.3, 0.4) is 0 Å². The Bertz CT molecular complexity index is 2040. The Morgan fingerprint density at radius 2 is 1.22 bits per heavy atom. The zero-order valence-corrected chi connectivity index (χ0v) is 27.1. The molecule has 0 fully saturated rings. The first-order valence-corrected chi connectivity index (χ1v) is 16.5. The summed E-state index contributed by atoms with van der Waals surface area (Å²) in [6.45, 7) is 0. The molecule has 8 heteroatoms. The van der Waals surface area contributed by atoms with Crippen LogP contribution in [0.5, 0.6) is 0 Å². The van der Waals surface area contributed by atoms with E-state index >= 15 is 0 Å². The molecule has 0 saturated carbocycles. The largest absolute Gasteiger partial charge is 0.321 e. The number of hydrogen-bond donors (Lipinski definition) is 3. The molecule has 1 heterocycles. The first-order valence-electron chi connectivity index (χ1n) is 15.6. The highest BCUT2D eigenvalue weighted by molar-refractivity contribution is 8.00. The summed E-state index contributed by atoms with van der Waals surface area (Å²) in [4.78, 5) is 45.1. The van der Waals surface area contributed by atoms with E-state index in [1.807, 2.05) is 109 Å². The Hall–Kier alpha value is -6.25. The summed E-state index contributed by atoms with van der Waals surface area (Å²) >= 11 is 1.39. The van der Waals surface area contributed by atoms with Crippen molar-refractivity contribution in [1.29, 1.82) is 0 Å². The fraction of sp³-hybridized carbons (Fsp3) is 0.0244. The quantitative estimate of drug-likeness (QED) is 0.0955. The molecule has 49 heavy (non-hydrogen) atoms. The lowest BCUT2D eigenvalue weighted by atomic mass is 10.0. The van der Waals surface area contributed by atoms with Crippen LogP contribution in [0, 0.1) is 0 Å². The van der Waals surface area contributed by atoms with Gasteiger partial charge in [0.2, 0.25) is 5.91 Å². The highest BCUT2D eigenvalue weighted by atomic mass is 32.2. The number of rotatable bonds is 11. The Labute approximate surface area is 289 Å². The van der Waals surface area contributed by atoms with Gasteiger partial charge in [-0.2, -0.15) is 0 Å². The Morgan fingerprint density at radius 1 is 0.612 bits per heavy atom. The highest BCUT2D eigenvalue weighted by Crippen LogP contribution is 2.36. The van der Waals surface area contributed by atoms with E-state index < -0.39 is 17.1 Å². The lowest BCUT2D eigenvalue weighted by molar-refractivity contribution is -0.116. The molecule has 1 atom stereocenters. The number of hydrogen-bond acceptors (Lipinski definition) is 5. The Balaban J connectivity index is 1.19. The molecule has 0 bridgehead atoms. The van der Waals surface area contributed by atoms with Crippen molar-refractivity contribution in [3.05, 3.63) is 186 Å². The van der Waals surface area contributed by atoms with E-state index in [2.05, 4.69) is 20.9 Å². The van der Waals surface area contributed by atoms with Crippen molar-refractivity contribution in [2.24, 2.45) is 0 Å².